The number of benzene rings is 2. The van der Waals surface area contributed by atoms with E-state index in [9.17, 15) is 14.7 Å². The topological polar surface area (TPSA) is 86.6 Å². The zero-order valence-electron chi connectivity index (χ0n) is 12.8. The second kappa shape index (κ2) is 7.56. The molecular weight excluding hydrogens is 294 g/mol. The van der Waals surface area contributed by atoms with E-state index in [2.05, 4.69) is 5.32 Å². The Morgan fingerprint density at radius 2 is 1.52 bits per heavy atom. The number of carbonyl (C=O) groups is 2. The molecule has 1 unspecified atom stereocenters. The van der Waals surface area contributed by atoms with E-state index in [1.165, 1.54) is 6.92 Å². The van der Waals surface area contributed by atoms with Crippen molar-refractivity contribution >= 4 is 17.6 Å². The molecule has 0 radical (unpaired) electrons. The van der Waals surface area contributed by atoms with Crippen LogP contribution >= 0.6 is 0 Å². The van der Waals surface area contributed by atoms with Gasteiger partial charge in [-0.2, -0.15) is 0 Å². The monoisotopic (exact) mass is 313 g/mol. The zero-order valence-corrected chi connectivity index (χ0v) is 12.8. The van der Waals surface area contributed by atoms with Crippen molar-refractivity contribution in [3.05, 3.63) is 65.2 Å². The van der Waals surface area contributed by atoms with Gasteiger partial charge in [0.2, 0.25) is 5.91 Å². The Hall–Kier alpha value is -2.66. The summed E-state index contributed by atoms with van der Waals surface area (Å²) < 4.78 is 0. The normalized spacial score (nSPS) is 11.7. The maximum Gasteiger partial charge on any atom is 0.303 e. The molecule has 0 aliphatic rings. The van der Waals surface area contributed by atoms with Gasteiger partial charge in [0.25, 0.3) is 0 Å². The number of aliphatic hydroxyl groups is 1. The van der Waals surface area contributed by atoms with Gasteiger partial charge >= 0.3 is 5.97 Å². The van der Waals surface area contributed by atoms with Crippen LogP contribution in [0.25, 0.3) is 0 Å². The molecular formula is C18H19NO4. The number of hydrogen-bond donors (Lipinski definition) is 3. The molecule has 1 amide bonds. The van der Waals surface area contributed by atoms with E-state index in [0.29, 0.717) is 12.1 Å². The molecule has 2 rings (SSSR count). The largest absolute Gasteiger partial charge is 0.481 e. The van der Waals surface area contributed by atoms with Gasteiger partial charge in [-0.15, -0.1) is 0 Å². The summed E-state index contributed by atoms with van der Waals surface area (Å²) in [7, 11) is 0. The maximum absolute atomic E-state index is 11.0. The number of amides is 1. The van der Waals surface area contributed by atoms with E-state index in [1.54, 1.807) is 36.4 Å². The molecule has 0 heterocycles. The third-order valence-electron chi connectivity index (χ3n) is 3.47. The van der Waals surface area contributed by atoms with Crippen LogP contribution in [0.15, 0.2) is 48.5 Å². The van der Waals surface area contributed by atoms with Gasteiger partial charge in [-0.25, -0.2) is 0 Å². The van der Waals surface area contributed by atoms with E-state index >= 15 is 0 Å². The maximum atomic E-state index is 11.0. The Labute approximate surface area is 134 Å². The van der Waals surface area contributed by atoms with Crippen LogP contribution in [0.2, 0.25) is 0 Å². The molecule has 2 aromatic carbocycles. The van der Waals surface area contributed by atoms with Gasteiger partial charge in [-0.3, -0.25) is 9.59 Å². The molecule has 3 N–H and O–H groups in total. The van der Waals surface area contributed by atoms with Crippen LogP contribution in [0.3, 0.4) is 0 Å². The van der Waals surface area contributed by atoms with E-state index in [1.807, 2.05) is 12.1 Å². The van der Waals surface area contributed by atoms with Crippen molar-refractivity contribution < 1.29 is 19.8 Å². The molecule has 23 heavy (non-hydrogen) atoms. The molecule has 1 atom stereocenters. The van der Waals surface area contributed by atoms with Gasteiger partial charge in [0.15, 0.2) is 0 Å². The molecule has 0 bridgehead atoms. The van der Waals surface area contributed by atoms with Gasteiger partial charge in [0.1, 0.15) is 6.10 Å². The van der Waals surface area contributed by atoms with Crippen molar-refractivity contribution in [2.45, 2.75) is 25.9 Å². The molecule has 0 spiro atoms. The van der Waals surface area contributed by atoms with Crippen LogP contribution < -0.4 is 5.32 Å². The van der Waals surface area contributed by atoms with Crippen LogP contribution in [0, 0.1) is 0 Å². The number of rotatable bonds is 6. The number of hydrogen-bond acceptors (Lipinski definition) is 3. The molecule has 120 valence electrons. The minimum Gasteiger partial charge on any atom is -0.481 e. The summed E-state index contributed by atoms with van der Waals surface area (Å²) in [6.07, 6.45) is -0.209. The average molecular weight is 313 g/mol. The highest BCUT2D eigenvalue weighted by Crippen LogP contribution is 2.24. The number of carboxylic acid groups (broad SMARTS) is 1. The average Bonchev–Trinajstić information content (AvgIpc) is 2.53. The van der Waals surface area contributed by atoms with Gasteiger partial charge in [-0.1, -0.05) is 36.4 Å². The molecule has 2 aromatic rings. The highest BCUT2D eigenvalue weighted by molar-refractivity contribution is 5.88. The van der Waals surface area contributed by atoms with Crippen molar-refractivity contribution in [3.8, 4) is 0 Å². The zero-order chi connectivity index (χ0) is 16.8. The lowest BCUT2D eigenvalue weighted by Crippen LogP contribution is -2.06. The van der Waals surface area contributed by atoms with Gasteiger partial charge in [0.05, 0.1) is 0 Å². The smallest absolute Gasteiger partial charge is 0.303 e. The first-order valence-corrected chi connectivity index (χ1v) is 7.32. The van der Waals surface area contributed by atoms with Crippen molar-refractivity contribution in [2.75, 3.05) is 5.32 Å². The Morgan fingerprint density at radius 3 is 2.00 bits per heavy atom. The minimum atomic E-state index is -0.826. The number of carboxylic acids is 1. The Kier molecular flexibility index (Phi) is 5.49. The van der Waals surface area contributed by atoms with Crippen molar-refractivity contribution in [3.63, 3.8) is 0 Å². The molecule has 5 heteroatoms. The number of aliphatic carboxylic acids is 1. The van der Waals surface area contributed by atoms with E-state index < -0.39 is 12.1 Å². The second-order valence-electron chi connectivity index (χ2n) is 5.34. The van der Waals surface area contributed by atoms with Gasteiger partial charge < -0.3 is 15.5 Å². The predicted octanol–water partition coefficient (Wildman–Crippen LogP) is 2.74. The molecule has 0 fully saturated rings. The van der Waals surface area contributed by atoms with Crippen LogP contribution in [-0.4, -0.2) is 22.1 Å². The third-order valence-corrected chi connectivity index (χ3v) is 3.47. The Morgan fingerprint density at radius 1 is 1.00 bits per heavy atom. The summed E-state index contributed by atoms with van der Waals surface area (Å²) in [6.45, 7) is 1.44. The summed E-state index contributed by atoms with van der Waals surface area (Å²) in [5, 5.41) is 21.7. The standard InChI is InChI=1S/C18H19NO4/c1-12(20)19-16-9-7-15(8-10-16)18(23)14-5-2-13(3-6-14)4-11-17(21)22/h2-3,5-10,18,23H,4,11H2,1H3,(H,19,20)(H,21,22). The lowest BCUT2D eigenvalue weighted by atomic mass is 9.99. The fraction of sp³-hybridized carbons (Fsp3) is 0.222. The number of aliphatic hydroxyl groups excluding tert-OH is 1. The number of nitrogens with one attached hydrogen (secondary N) is 1. The molecule has 0 saturated carbocycles. The molecule has 0 aliphatic heterocycles. The van der Waals surface area contributed by atoms with Crippen molar-refractivity contribution in [1.29, 1.82) is 0 Å². The third kappa shape index (κ3) is 4.93. The highest BCUT2D eigenvalue weighted by Gasteiger charge is 2.10. The summed E-state index contributed by atoms with van der Waals surface area (Å²) >= 11 is 0. The van der Waals surface area contributed by atoms with Crippen LogP contribution in [0.4, 0.5) is 5.69 Å². The number of carbonyl (C=O) groups excluding carboxylic acids is 1. The van der Waals surface area contributed by atoms with E-state index in [4.69, 9.17) is 5.11 Å². The van der Waals surface area contributed by atoms with Crippen molar-refractivity contribution in [1.82, 2.24) is 0 Å². The molecule has 0 saturated heterocycles. The number of aryl methyl sites for hydroxylation is 1. The Bertz CT molecular complexity index is 677. The van der Waals surface area contributed by atoms with Gasteiger partial charge in [-0.05, 0) is 35.2 Å². The molecule has 0 aliphatic carbocycles. The first kappa shape index (κ1) is 16.7. The van der Waals surface area contributed by atoms with Crippen LogP contribution in [0.5, 0.6) is 0 Å². The second-order valence-corrected chi connectivity index (χ2v) is 5.34. The number of anilines is 1. The van der Waals surface area contributed by atoms with E-state index in [0.717, 1.165) is 16.7 Å². The van der Waals surface area contributed by atoms with E-state index in [-0.39, 0.29) is 12.3 Å². The first-order valence-electron chi connectivity index (χ1n) is 7.32. The lowest BCUT2D eigenvalue weighted by Gasteiger charge is -2.13. The lowest BCUT2D eigenvalue weighted by molar-refractivity contribution is -0.137. The Balaban J connectivity index is 2.05. The van der Waals surface area contributed by atoms with Gasteiger partial charge in [0, 0.05) is 19.0 Å². The highest BCUT2D eigenvalue weighted by atomic mass is 16.4. The fourth-order valence-electron chi connectivity index (χ4n) is 2.26. The SMILES string of the molecule is CC(=O)Nc1ccc(C(O)c2ccc(CCC(=O)O)cc2)cc1. The quantitative estimate of drug-likeness (QED) is 0.765. The summed E-state index contributed by atoms with van der Waals surface area (Å²) in [5.74, 6) is -0.969. The van der Waals surface area contributed by atoms with Crippen LogP contribution in [0.1, 0.15) is 36.1 Å². The summed E-state index contributed by atoms with van der Waals surface area (Å²) in [6, 6.07) is 14.2. The van der Waals surface area contributed by atoms with Crippen LogP contribution in [-0.2, 0) is 16.0 Å². The minimum absolute atomic E-state index is 0.0898. The molecule has 5 nitrogen and oxygen atoms in total. The first-order chi connectivity index (χ1) is 11.0. The fourth-order valence-corrected chi connectivity index (χ4v) is 2.26. The summed E-state index contributed by atoms with van der Waals surface area (Å²) in [4.78, 5) is 21.5. The molecule has 0 aromatic heterocycles. The summed E-state index contributed by atoms with van der Waals surface area (Å²) in [5.41, 5.74) is 3.05. The van der Waals surface area contributed by atoms with Crippen molar-refractivity contribution in [2.24, 2.45) is 0 Å². The predicted molar refractivity (Wildman–Crippen MR) is 87.2 cm³/mol.